The number of halogens is 2. The molecule has 44 heavy (non-hydrogen) atoms. The van der Waals surface area contributed by atoms with Gasteiger partial charge in [-0.05, 0) is 47.6 Å². The summed E-state index contributed by atoms with van der Waals surface area (Å²) in [7, 11) is -3.90. The van der Waals surface area contributed by atoms with Crippen LogP contribution in [0, 0.1) is 0 Å². The van der Waals surface area contributed by atoms with Gasteiger partial charge in [0.15, 0.2) is 0 Å². The monoisotopic (exact) mass is 651 g/mol. The summed E-state index contributed by atoms with van der Waals surface area (Å²) < 4.78 is 27.6. The summed E-state index contributed by atoms with van der Waals surface area (Å²) in [6.07, 6.45) is 5.17. The second-order valence-corrected chi connectivity index (χ2v) is 14.0. The lowest BCUT2D eigenvalue weighted by atomic mass is 10.0. The van der Waals surface area contributed by atoms with Crippen LogP contribution in [0.15, 0.2) is 91.0 Å². The Balaban J connectivity index is 1.56. The Morgan fingerprint density at radius 2 is 1.55 bits per heavy atom. The topological polar surface area (TPSA) is 86.8 Å². The molecule has 1 saturated carbocycles. The molecule has 0 aromatic heterocycles. The molecule has 5 rings (SSSR count). The molecule has 0 saturated heterocycles. The van der Waals surface area contributed by atoms with Crippen LogP contribution in [0.25, 0.3) is 10.8 Å². The van der Waals surface area contributed by atoms with Crippen LogP contribution < -0.4 is 9.62 Å². The predicted octanol–water partition coefficient (Wildman–Crippen LogP) is 6.61. The van der Waals surface area contributed by atoms with Crippen molar-refractivity contribution in [2.45, 2.75) is 50.7 Å². The first-order valence-corrected chi connectivity index (χ1v) is 17.2. The van der Waals surface area contributed by atoms with E-state index in [-0.39, 0.29) is 24.9 Å². The molecule has 0 bridgehead atoms. The fourth-order valence-electron chi connectivity index (χ4n) is 5.78. The van der Waals surface area contributed by atoms with Gasteiger partial charge < -0.3 is 10.2 Å². The first-order chi connectivity index (χ1) is 21.1. The van der Waals surface area contributed by atoms with E-state index < -0.39 is 28.5 Å². The van der Waals surface area contributed by atoms with Gasteiger partial charge in [0.2, 0.25) is 21.8 Å². The van der Waals surface area contributed by atoms with E-state index in [0.717, 1.165) is 47.2 Å². The maximum atomic E-state index is 14.4. The summed E-state index contributed by atoms with van der Waals surface area (Å²) in [6.45, 7) is -0.464. The van der Waals surface area contributed by atoms with Gasteiger partial charge in [0.25, 0.3) is 0 Å². The van der Waals surface area contributed by atoms with Crippen molar-refractivity contribution in [1.29, 1.82) is 0 Å². The third-order valence-corrected chi connectivity index (χ3v) is 9.89. The summed E-state index contributed by atoms with van der Waals surface area (Å²) in [5.74, 6) is -0.790. The third-order valence-electron chi connectivity index (χ3n) is 8.02. The average molecular weight is 653 g/mol. The number of amides is 2. The van der Waals surface area contributed by atoms with E-state index in [0.29, 0.717) is 26.7 Å². The Labute approximate surface area is 268 Å². The van der Waals surface area contributed by atoms with Crippen LogP contribution in [0.5, 0.6) is 0 Å². The second-order valence-electron chi connectivity index (χ2n) is 11.2. The first-order valence-electron chi connectivity index (χ1n) is 14.6. The molecule has 0 heterocycles. The molecule has 1 aliphatic carbocycles. The number of nitrogens with zero attached hydrogens (tertiary/aromatic N) is 2. The molecule has 4 aromatic rings. The standard InChI is InChI=1S/C34H35Cl2N3O4S/c1-44(42,43)39(31-17-9-13-26-12-5-8-16-28(26)31)23-33(40)38(22-25-18-19-29(35)30(36)20-25)32(21-24-10-3-2-4-11-24)34(41)37-27-14-6-7-15-27/h2-5,8-13,16-20,27,32H,6-7,14-15,21-23H2,1H3,(H,37,41)/t32-/m1/s1. The molecule has 4 aromatic carbocycles. The highest BCUT2D eigenvalue weighted by atomic mass is 35.5. The maximum Gasteiger partial charge on any atom is 0.244 e. The van der Waals surface area contributed by atoms with Gasteiger partial charge >= 0.3 is 0 Å². The summed E-state index contributed by atoms with van der Waals surface area (Å²) in [6, 6.07) is 26.4. The molecule has 1 fully saturated rings. The van der Waals surface area contributed by atoms with Gasteiger partial charge in [-0.1, -0.05) is 109 Å². The van der Waals surface area contributed by atoms with E-state index in [9.17, 15) is 18.0 Å². The van der Waals surface area contributed by atoms with E-state index in [2.05, 4.69) is 5.32 Å². The molecule has 7 nitrogen and oxygen atoms in total. The predicted molar refractivity (Wildman–Crippen MR) is 177 cm³/mol. The normalized spacial score (nSPS) is 14.3. The molecule has 0 spiro atoms. The van der Waals surface area contributed by atoms with Crippen molar-refractivity contribution in [2.75, 3.05) is 17.1 Å². The zero-order valence-electron chi connectivity index (χ0n) is 24.5. The minimum Gasteiger partial charge on any atom is -0.352 e. The fourth-order valence-corrected chi connectivity index (χ4v) is 6.96. The number of sulfonamides is 1. The second kappa shape index (κ2) is 14.0. The number of carbonyl (C=O) groups excluding carboxylic acids is 2. The zero-order chi connectivity index (χ0) is 31.3. The van der Waals surface area contributed by atoms with Gasteiger partial charge in [-0.2, -0.15) is 0 Å². The SMILES string of the molecule is CS(=O)(=O)N(CC(=O)N(Cc1ccc(Cl)c(Cl)c1)[C@H](Cc1ccccc1)C(=O)NC1CCCC1)c1cccc2ccccc12. The van der Waals surface area contributed by atoms with Crippen LogP contribution in [-0.4, -0.2) is 50.0 Å². The van der Waals surface area contributed by atoms with Crippen LogP contribution in [0.4, 0.5) is 5.69 Å². The van der Waals surface area contributed by atoms with Crippen molar-refractivity contribution < 1.29 is 18.0 Å². The zero-order valence-corrected chi connectivity index (χ0v) is 26.8. The van der Waals surface area contributed by atoms with Crippen molar-refractivity contribution in [1.82, 2.24) is 10.2 Å². The Bertz CT molecular complexity index is 1740. The summed E-state index contributed by atoms with van der Waals surface area (Å²) >= 11 is 12.5. The van der Waals surface area contributed by atoms with Crippen LogP contribution >= 0.6 is 23.2 Å². The maximum absolute atomic E-state index is 14.4. The van der Waals surface area contributed by atoms with E-state index in [1.54, 1.807) is 30.3 Å². The summed E-state index contributed by atoms with van der Waals surface area (Å²) in [5.41, 5.74) is 1.93. The quantitative estimate of drug-likeness (QED) is 0.198. The van der Waals surface area contributed by atoms with Crippen molar-refractivity contribution >= 4 is 61.5 Å². The van der Waals surface area contributed by atoms with Crippen LogP contribution in [0.1, 0.15) is 36.8 Å². The van der Waals surface area contributed by atoms with Gasteiger partial charge in [-0.25, -0.2) is 8.42 Å². The van der Waals surface area contributed by atoms with Gasteiger partial charge in [-0.3, -0.25) is 13.9 Å². The molecule has 0 aliphatic heterocycles. The molecule has 10 heteroatoms. The Hall–Kier alpha value is -3.59. The van der Waals surface area contributed by atoms with E-state index >= 15 is 0 Å². The number of nitrogens with one attached hydrogen (secondary N) is 1. The lowest BCUT2D eigenvalue weighted by Crippen LogP contribution is -2.54. The van der Waals surface area contributed by atoms with Gasteiger partial charge in [0.05, 0.1) is 22.0 Å². The largest absolute Gasteiger partial charge is 0.352 e. The first kappa shape index (κ1) is 31.8. The number of fused-ring (bicyclic) bond motifs is 1. The molecule has 1 atom stereocenters. The number of benzene rings is 4. The number of hydrogen-bond acceptors (Lipinski definition) is 4. The van der Waals surface area contributed by atoms with E-state index in [1.807, 2.05) is 60.7 Å². The smallest absolute Gasteiger partial charge is 0.244 e. The van der Waals surface area contributed by atoms with Gasteiger partial charge in [0.1, 0.15) is 12.6 Å². The number of hydrogen-bond donors (Lipinski definition) is 1. The Morgan fingerprint density at radius 1 is 0.864 bits per heavy atom. The lowest BCUT2D eigenvalue weighted by molar-refractivity contribution is -0.140. The fraction of sp³-hybridized carbons (Fsp3) is 0.294. The molecular weight excluding hydrogens is 617 g/mol. The molecule has 2 amide bonds. The summed E-state index contributed by atoms with van der Waals surface area (Å²) in [4.78, 5) is 29.9. The highest BCUT2D eigenvalue weighted by Crippen LogP contribution is 2.30. The number of carbonyl (C=O) groups is 2. The minimum absolute atomic E-state index is 0.0262. The van der Waals surface area contributed by atoms with Crippen molar-refractivity contribution in [3.8, 4) is 0 Å². The average Bonchev–Trinajstić information content (AvgIpc) is 3.52. The van der Waals surface area contributed by atoms with Crippen molar-refractivity contribution in [2.24, 2.45) is 0 Å². The van der Waals surface area contributed by atoms with Gasteiger partial charge in [-0.15, -0.1) is 0 Å². The highest BCUT2D eigenvalue weighted by molar-refractivity contribution is 7.92. The number of rotatable bonds is 11. The van der Waals surface area contributed by atoms with Crippen LogP contribution in [0.2, 0.25) is 10.0 Å². The van der Waals surface area contributed by atoms with Gasteiger partial charge in [0, 0.05) is 24.4 Å². The van der Waals surface area contributed by atoms with Crippen LogP contribution in [-0.2, 0) is 32.6 Å². The Kier molecular flexibility index (Phi) is 10.1. The third kappa shape index (κ3) is 7.73. The van der Waals surface area contributed by atoms with Crippen molar-refractivity contribution in [3.63, 3.8) is 0 Å². The Morgan fingerprint density at radius 3 is 2.25 bits per heavy atom. The lowest BCUT2D eigenvalue weighted by Gasteiger charge is -2.34. The number of anilines is 1. The summed E-state index contributed by atoms with van der Waals surface area (Å²) in [5, 5.41) is 5.40. The highest BCUT2D eigenvalue weighted by Gasteiger charge is 2.34. The molecule has 0 unspecified atom stereocenters. The molecule has 1 N–H and O–H groups in total. The molecule has 0 radical (unpaired) electrons. The molecule has 230 valence electrons. The molecular formula is C34H35Cl2N3O4S. The van der Waals surface area contributed by atoms with E-state index in [4.69, 9.17) is 23.2 Å². The van der Waals surface area contributed by atoms with Crippen molar-refractivity contribution in [3.05, 3.63) is 112 Å². The van der Waals surface area contributed by atoms with E-state index in [1.165, 1.54) is 4.90 Å². The van der Waals surface area contributed by atoms with Crippen LogP contribution in [0.3, 0.4) is 0 Å². The molecule has 1 aliphatic rings. The minimum atomic E-state index is -3.90.